The molecule has 0 aliphatic carbocycles. The Hall–Kier alpha value is -0.710. The third-order valence-corrected chi connectivity index (χ3v) is 0.984. The highest BCUT2D eigenvalue weighted by atomic mass is 19.3. The second-order valence-corrected chi connectivity index (χ2v) is 1.95. The van der Waals surface area contributed by atoms with E-state index in [4.69, 9.17) is 5.73 Å². The average molecular weight is 138 g/mol. The number of alkyl halides is 2. The summed E-state index contributed by atoms with van der Waals surface area (Å²) in [6.07, 6.45) is -2.91. The lowest BCUT2D eigenvalue weighted by atomic mass is 10.1. The number of hydrogen-bond donors (Lipinski definition) is 2. The predicted molar refractivity (Wildman–Crippen MR) is 27.8 cm³/mol. The van der Waals surface area contributed by atoms with Crippen molar-refractivity contribution in [3.63, 3.8) is 0 Å². The van der Waals surface area contributed by atoms with Crippen molar-refractivity contribution in [3.8, 4) is 0 Å². The molecule has 4 N–H and O–H groups in total. The fraction of sp³-hybridized carbons (Fsp3) is 0.750. The summed E-state index contributed by atoms with van der Waals surface area (Å²) >= 11 is 0. The van der Waals surface area contributed by atoms with Crippen molar-refractivity contribution in [2.24, 2.45) is 11.5 Å². The molecule has 1 atom stereocenters. The molecule has 0 bridgehead atoms. The van der Waals surface area contributed by atoms with Gasteiger partial charge in [-0.05, 0) is 6.92 Å². The van der Waals surface area contributed by atoms with Gasteiger partial charge in [-0.1, -0.05) is 0 Å². The molecule has 0 spiro atoms. The molecule has 0 aliphatic rings. The largest absolute Gasteiger partial charge is 0.368 e. The van der Waals surface area contributed by atoms with Crippen LogP contribution in [0.2, 0.25) is 0 Å². The molecule has 0 saturated heterocycles. The Morgan fingerprint density at radius 3 is 2.00 bits per heavy atom. The Balaban J connectivity index is 4.19. The number of carbonyl (C=O) groups is 1. The maximum atomic E-state index is 11.6. The maximum absolute atomic E-state index is 11.6. The van der Waals surface area contributed by atoms with Crippen molar-refractivity contribution in [3.05, 3.63) is 0 Å². The second kappa shape index (κ2) is 2.26. The standard InChI is InChI=1S/C4H8F2N2O/c1-4(8,2(5)6)3(7)9/h2H,8H2,1H3,(H2,7,9). The van der Waals surface area contributed by atoms with Crippen LogP contribution in [0.15, 0.2) is 0 Å². The van der Waals surface area contributed by atoms with E-state index in [0.29, 0.717) is 0 Å². The summed E-state index contributed by atoms with van der Waals surface area (Å²) in [5.41, 5.74) is 7.11. The number of amides is 1. The smallest absolute Gasteiger partial charge is 0.264 e. The Morgan fingerprint density at radius 2 is 2.00 bits per heavy atom. The van der Waals surface area contributed by atoms with Crippen molar-refractivity contribution in [2.75, 3.05) is 0 Å². The normalized spacial score (nSPS) is 17.4. The van der Waals surface area contributed by atoms with Crippen LogP contribution < -0.4 is 11.5 Å². The van der Waals surface area contributed by atoms with Gasteiger partial charge >= 0.3 is 0 Å². The van der Waals surface area contributed by atoms with Crippen LogP contribution in [0.25, 0.3) is 0 Å². The molecule has 3 nitrogen and oxygen atoms in total. The van der Waals surface area contributed by atoms with E-state index in [-0.39, 0.29) is 0 Å². The van der Waals surface area contributed by atoms with Crippen molar-refractivity contribution in [1.82, 2.24) is 0 Å². The number of rotatable bonds is 2. The van der Waals surface area contributed by atoms with Crippen LogP contribution in [0.1, 0.15) is 6.92 Å². The molecular formula is C4H8F2N2O. The van der Waals surface area contributed by atoms with Crippen molar-refractivity contribution in [1.29, 1.82) is 0 Å². The van der Waals surface area contributed by atoms with Crippen LogP contribution in [0.3, 0.4) is 0 Å². The van der Waals surface area contributed by atoms with Gasteiger partial charge < -0.3 is 11.5 Å². The molecule has 0 aromatic rings. The highest BCUT2D eigenvalue weighted by Gasteiger charge is 2.36. The monoisotopic (exact) mass is 138 g/mol. The van der Waals surface area contributed by atoms with Crippen molar-refractivity contribution >= 4 is 5.91 Å². The molecule has 5 heteroatoms. The second-order valence-electron chi connectivity index (χ2n) is 1.95. The first kappa shape index (κ1) is 8.29. The number of nitrogens with two attached hydrogens (primary N) is 2. The summed E-state index contributed by atoms with van der Waals surface area (Å²) in [5.74, 6) is -1.20. The topological polar surface area (TPSA) is 69.1 Å². The van der Waals surface area contributed by atoms with E-state index in [2.05, 4.69) is 5.73 Å². The molecule has 0 aliphatic heterocycles. The van der Waals surface area contributed by atoms with Gasteiger partial charge in [-0.25, -0.2) is 8.78 Å². The van der Waals surface area contributed by atoms with E-state index < -0.39 is 17.9 Å². The van der Waals surface area contributed by atoms with E-state index in [1.807, 2.05) is 0 Å². The van der Waals surface area contributed by atoms with Gasteiger partial charge in [0.25, 0.3) is 6.43 Å². The van der Waals surface area contributed by atoms with Crippen LogP contribution in [0.4, 0.5) is 8.78 Å². The van der Waals surface area contributed by atoms with Gasteiger partial charge in [-0.15, -0.1) is 0 Å². The molecule has 0 aromatic heterocycles. The van der Waals surface area contributed by atoms with Crippen LogP contribution in [0, 0.1) is 0 Å². The van der Waals surface area contributed by atoms with Gasteiger partial charge in [0.2, 0.25) is 5.91 Å². The lowest BCUT2D eigenvalue weighted by molar-refractivity contribution is -0.127. The Labute approximate surface area is 51.0 Å². The number of halogens is 2. The van der Waals surface area contributed by atoms with Crippen LogP contribution >= 0.6 is 0 Å². The zero-order valence-electron chi connectivity index (χ0n) is 4.90. The lowest BCUT2D eigenvalue weighted by Crippen LogP contribution is -2.54. The van der Waals surface area contributed by atoms with E-state index in [1.54, 1.807) is 0 Å². The summed E-state index contributed by atoms with van der Waals surface area (Å²) in [6.45, 7) is 0.889. The first-order valence-electron chi connectivity index (χ1n) is 2.26. The maximum Gasteiger partial charge on any atom is 0.264 e. The summed E-state index contributed by atoms with van der Waals surface area (Å²) in [7, 11) is 0. The quantitative estimate of drug-likeness (QED) is 0.537. The molecule has 0 radical (unpaired) electrons. The summed E-state index contributed by atoms with van der Waals surface area (Å²) in [5, 5.41) is 0. The third-order valence-electron chi connectivity index (χ3n) is 0.984. The first-order valence-corrected chi connectivity index (χ1v) is 2.26. The Bertz CT molecular complexity index is 124. The summed E-state index contributed by atoms with van der Waals surface area (Å²) in [4.78, 5) is 10.1. The van der Waals surface area contributed by atoms with Crippen LogP contribution in [-0.4, -0.2) is 17.9 Å². The van der Waals surface area contributed by atoms with Crippen LogP contribution in [-0.2, 0) is 4.79 Å². The van der Waals surface area contributed by atoms with Gasteiger partial charge in [0.15, 0.2) is 5.54 Å². The van der Waals surface area contributed by atoms with Gasteiger partial charge in [-0.3, -0.25) is 4.79 Å². The summed E-state index contributed by atoms with van der Waals surface area (Å²) in [6, 6.07) is 0. The highest BCUT2D eigenvalue weighted by Crippen LogP contribution is 2.09. The molecule has 54 valence electrons. The van der Waals surface area contributed by atoms with Crippen molar-refractivity contribution < 1.29 is 13.6 Å². The third kappa shape index (κ3) is 1.60. The molecule has 0 heterocycles. The molecule has 0 saturated carbocycles. The van der Waals surface area contributed by atoms with Gasteiger partial charge in [0.1, 0.15) is 0 Å². The molecule has 0 rings (SSSR count). The number of hydrogen-bond acceptors (Lipinski definition) is 2. The molecule has 0 fully saturated rings. The molecule has 1 unspecified atom stereocenters. The molecule has 1 amide bonds. The Morgan fingerprint density at radius 1 is 1.67 bits per heavy atom. The minimum atomic E-state index is -2.91. The minimum Gasteiger partial charge on any atom is -0.368 e. The van der Waals surface area contributed by atoms with Crippen molar-refractivity contribution in [2.45, 2.75) is 18.9 Å². The lowest BCUT2D eigenvalue weighted by Gasteiger charge is -2.17. The average Bonchev–Trinajstić information content (AvgIpc) is 1.65. The van der Waals surface area contributed by atoms with E-state index in [0.717, 1.165) is 6.92 Å². The van der Waals surface area contributed by atoms with E-state index in [1.165, 1.54) is 0 Å². The van der Waals surface area contributed by atoms with Gasteiger partial charge in [-0.2, -0.15) is 0 Å². The van der Waals surface area contributed by atoms with E-state index in [9.17, 15) is 13.6 Å². The minimum absolute atomic E-state index is 0.889. The number of carbonyl (C=O) groups excluding carboxylic acids is 1. The SMILES string of the molecule is CC(N)(C(N)=O)C(F)F. The molecular weight excluding hydrogens is 130 g/mol. The number of primary amides is 1. The first-order chi connectivity index (χ1) is 3.89. The van der Waals surface area contributed by atoms with E-state index >= 15 is 0 Å². The summed E-state index contributed by atoms with van der Waals surface area (Å²) < 4.78 is 23.3. The molecule has 0 aromatic carbocycles. The molecule has 9 heavy (non-hydrogen) atoms. The van der Waals surface area contributed by atoms with Gasteiger partial charge in [0, 0.05) is 0 Å². The van der Waals surface area contributed by atoms with Crippen LogP contribution in [0.5, 0.6) is 0 Å². The Kier molecular flexibility index (Phi) is 2.08. The fourth-order valence-electron chi connectivity index (χ4n) is 0.108. The fourth-order valence-corrected chi connectivity index (χ4v) is 0.108. The zero-order chi connectivity index (χ0) is 7.65. The zero-order valence-corrected chi connectivity index (χ0v) is 4.90. The predicted octanol–water partition coefficient (Wildman–Crippen LogP) is -0.546. The highest BCUT2D eigenvalue weighted by molar-refractivity contribution is 5.84. The van der Waals surface area contributed by atoms with Gasteiger partial charge in [0.05, 0.1) is 0 Å².